The molecule has 0 bridgehead atoms. The summed E-state index contributed by atoms with van der Waals surface area (Å²) in [5.74, 6) is 0.372. The molecular weight excluding hydrogens is 360 g/mol. The van der Waals surface area contributed by atoms with Gasteiger partial charge in [0.1, 0.15) is 4.83 Å². The van der Waals surface area contributed by atoms with E-state index in [4.69, 9.17) is 10.7 Å². The van der Waals surface area contributed by atoms with E-state index in [9.17, 15) is 0 Å². The second kappa shape index (κ2) is 6.74. The predicted octanol–water partition coefficient (Wildman–Crippen LogP) is 5.47. The molecule has 2 aliphatic rings. The van der Waals surface area contributed by atoms with Crippen LogP contribution in [0.2, 0.25) is 0 Å². The highest BCUT2D eigenvalue weighted by Gasteiger charge is 2.24. The first-order valence-electron chi connectivity index (χ1n) is 9.01. The van der Waals surface area contributed by atoms with E-state index in [1.807, 2.05) is 29.8 Å². The minimum atomic E-state index is 0.372. The van der Waals surface area contributed by atoms with Crippen molar-refractivity contribution in [3.8, 4) is 0 Å². The lowest BCUT2D eigenvalue weighted by Crippen LogP contribution is -2.16. The van der Waals surface area contributed by atoms with Gasteiger partial charge in [-0.25, -0.2) is 9.98 Å². The Kier molecular flexibility index (Phi) is 4.57. The van der Waals surface area contributed by atoms with Gasteiger partial charge in [-0.2, -0.15) is 0 Å². The minimum absolute atomic E-state index is 0.372. The van der Waals surface area contributed by atoms with Gasteiger partial charge in [-0.1, -0.05) is 26.8 Å². The molecule has 1 aliphatic carbocycles. The lowest BCUT2D eigenvalue weighted by Gasteiger charge is -2.23. The van der Waals surface area contributed by atoms with Crippen molar-refractivity contribution in [1.29, 1.82) is 0 Å². The summed E-state index contributed by atoms with van der Waals surface area (Å²) in [6, 6.07) is 2.15. The Balaban J connectivity index is 1.82. The van der Waals surface area contributed by atoms with Crippen molar-refractivity contribution in [3.05, 3.63) is 35.7 Å². The summed E-state index contributed by atoms with van der Waals surface area (Å²) in [5, 5.41) is 1.85. The van der Waals surface area contributed by atoms with Crippen molar-refractivity contribution in [2.75, 3.05) is 12.8 Å². The summed E-state index contributed by atoms with van der Waals surface area (Å²) in [7, 11) is 1.94. The molecule has 2 aromatic heterocycles. The third-order valence-corrected chi connectivity index (χ3v) is 7.70. The Morgan fingerprint density at radius 2 is 2.15 bits per heavy atom. The topological polar surface area (TPSA) is 54.5 Å². The molecule has 2 N–H and O–H groups in total. The number of nitrogens with zero attached hydrogens (tertiary/aromatic N) is 3. The van der Waals surface area contributed by atoms with E-state index in [-0.39, 0.29) is 0 Å². The van der Waals surface area contributed by atoms with Crippen LogP contribution in [0.4, 0.5) is 5.69 Å². The molecule has 136 valence electrons. The molecule has 0 saturated heterocycles. The van der Waals surface area contributed by atoms with Gasteiger partial charge in [0.05, 0.1) is 27.6 Å². The molecule has 0 unspecified atom stereocenters. The van der Waals surface area contributed by atoms with Crippen LogP contribution in [0.1, 0.15) is 50.3 Å². The number of nitrogen functional groups attached to an aromatic ring is 1. The van der Waals surface area contributed by atoms with Gasteiger partial charge in [-0.05, 0) is 36.5 Å². The predicted molar refractivity (Wildman–Crippen MR) is 115 cm³/mol. The molecule has 1 fully saturated rings. The van der Waals surface area contributed by atoms with E-state index in [1.54, 1.807) is 17.7 Å². The van der Waals surface area contributed by atoms with E-state index in [0.29, 0.717) is 5.92 Å². The third kappa shape index (κ3) is 3.05. The summed E-state index contributed by atoms with van der Waals surface area (Å²) >= 11 is 3.66. The molecule has 1 saturated carbocycles. The van der Waals surface area contributed by atoms with Gasteiger partial charge in [0, 0.05) is 23.4 Å². The zero-order chi connectivity index (χ0) is 18.4. The Morgan fingerprint density at radius 3 is 2.77 bits per heavy atom. The highest BCUT2D eigenvalue weighted by Crippen LogP contribution is 2.47. The maximum Gasteiger partial charge on any atom is 0.127 e. The van der Waals surface area contributed by atoms with Crippen LogP contribution in [0.15, 0.2) is 33.6 Å². The molecule has 26 heavy (non-hydrogen) atoms. The summed E-state index contributed by atoms with van der Waals surface area (Å²) in [5.41, 5.74) is 11.4. The number of rotatable bonds is 4. The molecule has 6 heteroatoms. The standard InChI is InChI=1S/C20H24N4S2/c1-11(2)14-9-16(15-8-12(3)24(4)10-22-15)23-19-17(14)18(21)20(26-19)25-13-6-5-7-13/h8-11,13H,3,5-7,21H2,1-2,4H3. The van der Waals surface area contributed by atoms with Crippen LogP contribution >= 0.6 is 23.1 Å². The normalized spacial score (nSPS) is 17.9. The summed E-state index contributed by atoms with van der Waals surface area (Å²) < 4.78 is 1.22. The van der Waals surface area contributed by atoms with Gasteiger partial charge in [-0.15, -0.1) is 23.1 Å². The van der Waals surface area contributed by atoms with Crippen molar-refractivity contribution in [2.45, 2.75) is 48.5 Å². The van der Waals surface area contributed by atoms with Crippen LogP contribution in [-0.2, 0) is 0 Å². The number of hydrogen-bond acceptors (Lipinski definition) is 6. The van der Waals surface area contributed by atoms with E-state index in [1.165, 1.54) is 29.0 Å². The zero-order valence-corrected chi connectivity index (χ0v) is 17.1. The number of likely N-dealkylation sites (N-methyl/N-ethyl adjacent to an activating group) is 1. The Hall–Kier alpha value is -1.79. The number of aliphatic imine (C=N–C) groups is 1. The van der Waals surface area contributed by atoms with Crippen molar-refractivity contribution >= 4 is 51.0 Å². The van der Waals surface area contributed by atoms with Gasteiger partial charge in [0.25, 0.3) is 0 Å². The maximum absolute atomic E-state index is 6.56. The average Bonchev–Trinajstić information content (AvgIpc) is 2.88. The smallest absolute Gasteiger partial charge is 0.127 e. The number of allylic oxidation sites excluding steroid dienone is 1. The van der Waals surface area contributed by atoms with Crippen molar-refractivity contribution in [2.24, 2.45) is 4.99 Å². The third-order valence-electron chi connectivity index (χ3n) is 5.03. The van der Waals surface area contributed by atoms with Gasteiger partial charge < -0.3 is 10.6 Å². The first-order valence-corrected chi connectivity index (χ1v) is 10.7. The van der Waals surface area contributed by atoms with Crippen LogP contribution in [-0.4, -0.2) is 28.5 Å². The van der Waals surface area contributed by atoms with Crippen molar-refractivity contribution in [1.82, 2.24) is 9.88 Å². The van der Waals surface area contributed by atoms with E-state index >= 15 is 0 Å². The van der Waals surface area contributed by atoms with Crippen LogP contribution in [0, 0.1) is 0 Å². The molecule has 0 atom stereocenters. The highest BCUT2D eigenvalue weighted by molar-refractivity contribution is 8.02. The summed E-state index contributed by atoms with van der Waals surface area (Å²) in [6.45, 7) is 8.48. The number of thioether (sulfide) groups is 1. The van der Waals surface area contributed by atoms with Gasteiger partial charge >= 0.3 is 0 Å². The zero-order valence-electron chi connectivity index (χ0n) is 15.5. The first-order chi connectivity index (χ1) is 12.4. The molecule has 0 radical (unpaired) electrons. The number of aromatic nitrogens is 1. The summed E-state index contributed by atoms with van der Waals surface area (Å²) in [6.07, 6.45) is 7.71. The van der Waals surface area contributed by atoms with Gasteiger partial charge in [0.15, 0.2) is 0 Å². The highest BCUT2D eigenvalue weighted by atomic mass is 32.2. The average molecular weight is 385 g/mol. The Morgan fingerprint density at radius 1 is 1.38 bits per heavy atom. The second-order valence-electron chi connectivity index (χ2n) is 7.28. The Labute approximate surface area is 162 Å². The van der Waals surface area contributed by atoms with E-state index < -0.39 is 0 Å². The van der Waals surface area contributed by atoms with Crippen LogP contribution in [0.3, 0.4) is 0 Å². The summed E-state index contributed by atoms with van der Waals surface area (Å²) in [4.78, 5) is 12.4. The molecule has 4 rings (SSSR count). The Bertz CT molecular complexity index is 935. The number of anilines is 1. The molecule has 3 heterocycles. The fraction of sp³-hybridized carbons (Fsp3) is 0.400. The molecule has 1 aliphatic heterocycles. The molecule has 0 spiro atoms. The lowest BCUT2D eigenvalue weighted by molar-refractivity contribution is 0.522. The van der Waals surface area contributed by atoms with Gasteiger partial charge in [-0.3, -0.25) is 0 Å². The van der Waals surface area contributed by atoms with Crippen molar-refractivity contribution < 1.29 is 0 Å². The van der Waals surface area contributed by atoms with Crippen LogP contribution in [0.25, 0.3) is 15.9 Å². The fourth-order valence-electron chi connectivity index (χ4n) is 3.10. The molecular formula is C20H24N4S2. The molecule has 4 nitrogen and oxygen atoms in total. The number of nitrogens with two attached hydrogens (primary N) is 1. The largest absolute Gasteiger partial charge is 0.397 e. The molecule has 0 amide bonds. The van der Waals surface area contributed by atoms with Gasteiger partial charge in [0.2, 0.25) is 0 Å². The number of hydrogen-bond donors (Lipinski definition) is 1. The van der Waals surface area contributed by atoms with Crippen molar-refractivity contribution in [3.63, 3.8) is 0 Å². The fourth-order valence-corrected chi connectivity index (χ4v) is 5.90. The minimum Gasteiger partial charge on any atom is -0.397 e. The molecule has 2 aromatic rings. The maximum atomic E-state index is 6.56. The second-order valence-corrected chi connectivity index (χ2v) is 9.85. The number of fused-ring (bicyclic) bond motifs is 1. The van der Waals surface area contributed by atoms with Crippen LogP contribution < -0.4 is 5.73 Å². The first kappa shape index (κ1) is 17.6. The SMILES string of the molecule is C=C1C=C(c2cc(C(C)C)c3c(N)c(SC4CCC4)sc3n2)N=CN1C. The van der Waals surface area contributed by atoms with E-state index in [2.05, 4.69) is 31.5 Å². The number of thiophene rings is 1. The number of pyridine rings is 1. The van der Waals surface area contributed by atoms with E-state index in [0.717, 1.165) is 38.2 Å². The quantitative estimate of drug-likeness (QED) is 0.759. The molecule has 0 aromatic carbocycles. The lowest BCUT2D eigenvalue weighted by atomic mass is 9.98. The monoisotopic (exact) mass is 384 g/mol. The van der Waals surface area contributed by atoms with Crippen LogP contribution in [0.5, 0.6) is 0 Å².